The molecule has 0 aromatic heterocycles. The number of rotatable bonds is 7. The molecule has 1 aliphatic rings. The lowest BCUT2D eigenvalue weighted by Crippen LogP contribution is -2.41. The molecule has 23 heavy (non-hydrogen) atoms. The van der Waals surface area contributed by atoms with Gasteiger partial charge in [0.25, 0.3) is 5.91 Å². The molecule has 1 N–H and O–H groups in total. The van der Waals surface area contributed by atoms with Crippen LogP contribution in [0, 0.1) is 5.92 Å². The molecule has 1 fully saturated rings. The van der Waals surface area contributed by atoms with E-state index in [1.165, 1.54) is 0 Å². The number of ether oxygens (including phenoxy) is 1. The third-order valence-electron chi connectivity index (χ3n) is 4.55. The first-order valence-electron chi connectivity index (χ1n) is 8.75. The molecule has 1 aromatic carbocycles. The number of nitrogens with zero attached hydrogens (tertiary/aromatic N) is 1. The zero-order chi connectivity index (χ0) is 16.8. The Morgan fingerprint density at radius 3 is 2.78 bits per heavy atom. The number of nitrogens with one attached hydrogen (secondary N) is 1. The van der Waals surface area contributed by atoms with Crippen LogP contribution < -0.4 is 10.1 Å². The van der Waals surface area contributed by atoms with Gasteiger partial charge in [0.05, 0.1) is 0 Å². The van der Waals surface area contributed by atoms with Gasteiger partial charge >= 0.3 is 0 Å². The summed E-state index contributed by atoms with van der Waals surface area (Å²) in [5.74, 6) is 1.91. The molecular formula is C19H30N2O2. The zero-order valence-corrected chi connectivity index (χ0v) is 14.8. The highest BCUT2D eigenvalue weighted by Crippen LogP contribution is 2.28. The Morgan fingerprint density at radius 2 is 2.13 bits per heavy atom. The van der Waals surface area contributed by atoms with E-state index in [0.717, 1.165) is 37.4 Å². The van der Waals surface area contributed by atoms with Crippen molar-refractivity contribution in [2.24, 2.45) is 5.92 Å². The number of likely N-dealkylation sites (tertiary alicyclic amines) is 1. The number of amides is 1. The summed E-state index contributed by atoms with van der Waals surface area (Å²) >= 11 is 0. The molecule has 1 aromatic rings. The second-order valence-electron chi connectivity index (χ2n) is 6.70. The third kappa shape index (κ3) is 4.47. The van der Waals surface area contributed by atoms with E-state index < -0.39 is 0 Å². The molecule has 1 aliphatic heterocycles. The Hall–Kier alpha value is -1.55. The molecule has 1 heterocycles. The van der Waals surface area contributed by atoms with Crippen LogP contribution in [-0.2, 0) is 4.79 Å². The summed E-state index contributed by atoms with van der Waals surface area (Å²) < 4.78 is 6.12. The van der Waals surface area contributed by atoms with Gasteiger partial charge in [-0.25, -0.2) is 0 Å². The number of benzene rings is 1. The summed E-state index contributed by atoms with van der Waals surface area (Å²) in [6.45, 7) is 8.96. The standard InChI is InChI=1S/C19H30N2O2/c1-5-17(19(22)21-11-10-15(13-21)12-20-4)23-18-9-7-6-8-16(18)14(2)3/h6-9,14-15,17,20H,5,10-13H2,1-4H3/t15-,17-/m1/s1. The van der Waals surface area contributed by atoms with E-state index in [4.69, 9.17) is 4.74 Å². The molecule has 0 unspecified atom stereocenters. The molecule has 1 saturated heterocycles. The highest BCUT2D eigenvalue weighted by atomic mass is 16.5. The number of hydrogen-bond acceptors (Lipinski definition) is 3. The highest BCUT2D eigenvalue weighted by Gasteiger charge is 2.31. The second-order valence-corrected chi connectivity index (χ2v) is 6.70. The van der Waals surface area contributed by atoms with Crippen LogP contribution in [-0.4, -0.2) is 43.6 Å². The summed E-state index contributed by atoms with van der Waals surface area (Å²) in [4.78, 5) is 14.8. The molecule has 128 valence electrons. The van der Waals surface area contributed by atoms with Gasteiger partial charge in [-0.05, 0) is 49.9 Å². The summed E-state index contributed by atoms with van der Waals surface area (Å²) in [5.41, 5.74) is 1.16. The predicted octanol–water partition coefficient (Wildman–Crippen LogP) is 3.04. The lowest BCUT2D eigenvalue weighted by molar-refractivity contribution is -0.137. The van der Waals surface area contributed by atoms with Gasteiger partial charge in [-0.15, -0.1) is 0 Å². The first kappa shape index (κ1) is 17.8. The smallest absolute Gasteiger partial charge is 0.263 e. The molecule has 0 radical (unpaired) electrons. The fourth-order valence-electron chi connectivity index (χ4n) is 3.22. The molecule has 2 atom stereocenters. The van der Waals surface area contributed by atoms with Crippen LogP contribution in [0.3, 0.4) is 0 Å². The van der Waals surface area contributed by atoms with Crippen LogP contribution in [0.1, 0.15) is 45.1 Å². The molecule has 0 aliphatic carbocycles. The van der Waals surface area contributed by atoms with Gasteiger partial charge in [0.2, 0.25) is 0 Å². The number of para-hydroxylation sites is 1. The molecule has 2 rings (SSSR count). The van der Waals surface area contributed by atoms with Gasteiger partial charge in [-0.3, -0.25) is 4.79 Å². The van der Waals surface area contributed by atoms with E-state index in [2.05, 4.69) is 25.2 Å². The van der Waals surface area contributed by atoms with Crippen LogP contribution in [0.15, 0.2) is 24.3 Å². The zero-order valence-electron chi connectivity index (χ0n) is 14.8. The minimum Gasteiger partial charge on any atom is -0.480 e. The number of hydrogen-bond donors (Lipinski definition) is 1. The van der Waals surface area contributed by atoms with Gasteiger partial charge in [0.1, 0.15) is 5.75 Å². The van der Waals surface area contributed by atoms with Crippen molar-refractivity contribution in [3.8, 4) is 5.75 Å². The molecule has 4 nitrogen and oxygen atoms in total. The molecule has 0 spiro atoms. The summed E-state index contributed by atoms with van der Waals surface area (Å²) in [5, 5.41) is 3.20. The molecule has 1 amide bonds. The fraction of sp³-hybridized carbons (Fsp3) is 0.632. The van der Waals surface area contributed by atoms with Crippen LogP contribution in [0.4, 0.5) is 0 Å². The van der Waals surface area contributed by atoms with Crippen molar-refractivity contribution in [1.29, 1.82) is 0 Å². The third-order valence-corrected chi connectivity index (χ3v) is 4.55. The van der Waals surface area contributed by atoms with E-state index >= 15 is 0 Å². The number of carbonyl (C=O) groups excluding carboxylic acids is 1. The molecule has 0 saturated carbocycles. The molecule has 0 bridgehead atoms. The van der Waals surface area contributed by atoms with E-state index in [-0.39, 0.29) is 12.0 Å². The van der Waals surface area contributed by atoms with Crippen molar-refractivity contribution in [1.82, 2.24) is 10.2 Å². The van der Waals surface area contributed by atoms with Gasteiger partial charge in [-0.2, -0.15) is 0 Å². The van der Waals surface area contributed by atoms with Crippen LogP contribution in [0.2, 0.25) is 0 Å². The average Bonchev–Trinajstić information content (AvgIpc) is 3.01. The van der Waals surface area contributed by atoms with Crippen LogP contribution >= 0.6 is 0 Å². The van der Waals surface area contributed by atoms with Crippen LogP contribution in [0.5, 0.6) is 5.75 Å². The molecular weight excluding hydrogens is 288 g/mol. The van der Waals surface area contributed by atoms with Crippen molar-refractivity contribution in [3.05, 3.63) is 29.8 Å². The summed E-state index contributed by atoms with van der Waals surface area (Å²) in [6, 6.07) is 8.04. The minimum atomic E-state index is -0.386. The van der Waals surface area contributed by atoms with Gasteiger partial charge in [0, 0.05) is 13.1 Å². The molecule has 4 heteroatoms. The lowest BCUT2D eigenvalue weighted by Gasteiger charge is -2.25. The topological polar surface area (TPSA) is 41.6 Å². The van der Waals surface area contributed by atoms with Gasteiger partial charge in [-0.1, -0.05) is 39.0 Å². The Bertz CT molecular complexity index is 516. The quantitative estimate of drug-likeness (QED) is 0.840. The second kappa shape index (κ2) is 8.34. The van der Waals surface area contributed by atoms with E-state index in [1.807, 2.05) is 37.1 Å². The fourth-order valence-corrected chi connectivity index (χ4v) is 3.22. The maximum absolute atomic E-state index is 12.8. The van der Waals surface area contributed by atoms with E-state index in [0.29, 0.717) is 18.3 Å². The van der Waals surface area contributed by atoms with Crippen LogP contribution in [0.25, 0.3) is 0 Å². The first-order chi connectivity index (χ1) is 11.1. The Kier molecular flexibility index (Phi) is 6.46. The average molecular weight is 318 g/mol. The predicted molar refractivity (Wildman–Crippen MR) is 93.9 cm³/mol. The van der Waals surface area contributed by atoms with Crippen molar-refractivity contribution in [2.45, 2.75) is 45.6 Å². The van der Waals surface area contributed by atoms with Crippen molar-refractivity contribution in [2.75, 3.05) is 26.7 Å². The van der Waals surface area contributed by atoms with Gasteiger partial charge in [0.15, 0.2) is 6.10 Å². The highest BCUT2D eigenvalue weighted by molar-refractivity contribution is 5.81. The monoisotopic (exact) mass is 318 g/mol. The first-order valence-corrected chi connectivity index (χ1v) is 8.75. The van der Waals surface area contributed by atoms with Gasteiger partial charge < -0.3 is 15.0 Å². The maximum atomic E-state index is 12.8. The summed E-state index contributed by atoms with van der Waals surface area (Å²) in [6.07, 6.45) is 1.38. The normalized spacial score (nSPS) is 19.2. The van der Waals surface area contributed by atoms with E-state index in [1.54, 1.807) is 0 Å². The largest absolute Gasteiger partial charge is 0.480 e. The van der Waals surface area contributed by atoms with E-state index in [9.17, 15) is 4.79 Å². The Balaban J connectivity index is 2.04. The van der Waals surface area contributed by atoms with Crippen molar-refractivity contribution in [3.63, 3.8) is 0 Å². The van der Waals surface area contributed by atoms with Crippen molar-refractivity contribution >= 4 is 5.91 Å². The Labute approximate surface area is 140 Å². The maximum Gasteiger partial charge on any atom is 0.263 e. The lowest BCUT2D eigenvalue weighted by atomic mass is 10.0. The SMILES string of the molecule is CC[C@@H](Oc1ccccc1C(C)C)C(=O)N1CC[C@H](CNC)C1. The summed E-state index contributed by atoms with van der Waals surface area (Å²) in [7, 11) is 1.96. The Morgan fingerprint density at radius 1 is 1.39 bits per heavy atom. The number of carbonyl (C=O) groups is 1. The van der Waals surface area contributed by atoms with Crippen molar-refractivity contribution < 1.29 is 9.53 Å². The minimum absolute atomic E-state index is 0.129.